The van der Waals surface area contributed by atoms with E-state index in [0.29, 0.717) is 12.8 Å². The summed E-state index contributed by atoms with van der Waals surface area (Å²) in [4.78, 5) is 31.3. The Morgan fingerprint density at radius 1 is 1.18 bits per heavy atom. The summed E-state index contributed by atoms with van der Waals surface area (Å²) in [6, 6.07) is 3.00. The highest BCUT2D eigenvalue weighted by atomic mass is 32.2. The van der Waals surface area contributed by atoms with Crippen molar-refractivity contribution in [1.82, 2.24) is 14.5 Å². The molecule has 0 bridgehead atoms. The first-order valence-electron chi connectivity index (χ1n) is 12.3. The maximum atomic E-state index is 13.5. The van der Waals surface area contributed by atoms with Crippen LogP contribution in [0.4, 0.5) is 24.7 Å². The summed E-state index contributed by atoms with van der Waals surface area (Å²) < 4.78 is 67.5. The van der Waals surface area contributed by atoms with Crippen molar-refractivity contribution in [3.63, 3.8) is 0 Å². The summed E-state index contributed by atoms with van der Waals surface area (Å²) in [5, 5.41) is 12.9. The lowest BCUT2D eigenvalue weighted by molar-refractivity contribution is -0.137. The number of aliphatic hydroxyl groups is 1. The molecule has 2 aliphatic carbocycles. The zero-order valence-electron chi connectivity index (χ0n) is 21.1. The molecule has 0 radical (unpaired) electrons. The second-order valence-corrected chi connectivity index (χ2v) is 12.0. The lowest BCUT2D eigenvalue weighted by Crippen LogP contribution is -2.54. The molecule has 2 N–H and O–H groups in total. The Kier molecular flexibility index (Phi) is 6.62. The highest BCUT2D eigenvalue weighted by Crippen LogP contribution is 2.36. The van der Waals surface area contributed by atoms with Crippen molar-refractivity contribution in [2.75, 3.05) is 29.6 Å². The number of hydrogen-bond acceptors (Lipinski definition) is 7. The Bertz CT molecular complexity index is 1520. The number of aliphatic hydroxyl groups excluding tert-OH is 1. The maximum Gasteiger partial charge on any atom is 0.416 e. The molecule has 2 amide bonds. The Labute approximate surface area is 222 Å². The van der Waals surface area contributed by atoms with E-state index in [1.807, 2.05) is 0 Å². The number of benzene rings is 1. The molecule has 2 saturated carbocycles. The largest absolute Gasteiger partial charge is 0.416 e. The molecule has 1 atom stereocenters. The number of aromatic nitrogens is 2. The molecule has 2 fully saturated rings. The fourth-order valence-corrected chi connectivity index (χ4v) is 6.19. The monoisotopic (exact) mass is 565 g/mol. The molecule has 0 saturated heterocycles. The Balaban J connectivity index is 1.46. The van der Waals surface area contributed by atoms with Gasteiger partial charge in [0.15, 0.2) is 11.5 Å². The van der Waals surface area contributed by atoms with Crippen molar-refractivity contribution in [2.24, 2.45) is 18.9 Å². The van der Waals surface area contributed by atoms with Gasteiger partial charge in [-0.05, 0) is 49.8 Å². The van der Waals surface area contributed by atoms with Gasteiger partial charge in [-0.1, -0.05) is 11.8 Å². The number of alkyl halides is 3. The Morgan fingerprint density at radius 3 is 2.49 bits per heavy atom. The van der Waals surface area contributed by atoms with Gasteiger partial charge in [-0.2, -0.15) is 18.2 Å². The zero-order chi connectivity index (χ0) is 28.3. The van der Waals surface area contributed by atoms with E-state index in [0.717, 1.165) is 29.9 Å². The third-order valence-corrected chi connectivity index (χ3v) is 8.68. The number of sulfone groups is 1. The van der Waals surface area contributed by atoms with Crippen LogP contribution in [-0.2, 0) is 27.9 Å². The van der Waals surface area contributed by atoms with Gasteiger partial charge in [0.05, 0.1) is 17.9 Å². The SMILES string of the molecule is CN1C(=O)c2c(nc(S(=O)(=O)CC3CC3)n2C)N(CC#Cc2cc(NC(=O)C3CC3)cc(C(F)(F)F)c2)C1O. The molecule has 208 valence electrons. The second-order valence-electron chi connectivity index (χ2n) is 10.1. The summed E-state index contributed by atoms with van der Waals surface area (Å²) in [6.07, 6.45) is -3.24. The number of imidazole rings is 1. The fraction of sp³-hybridized carbons (Fsp3) is 0.480. The summed E-state index contributed by atoms with van der Waals surface area (Å²) in [5.74, 6) is 3.95. The summed E-state index contributed by atoms with van der Waals surface area (Å²) in [5.41, 5.74) is -1.10. The second kappa shape index (κ2) is 9.56. The first kappa shape index (κ1) is 27.0. The number of anilines is 2. The summed E-state index contributed by atoms with van der Waals surface area (Å²) in [6.45, 7) is -0.287. The van der Waals surface area contributed by atoms with Gasteiger partial charge in [0, 0.05) is 31.3 Å². The number of nitrogens with one attached hydrogen (secondary N) is 1. The molecule has 0 spiro atoms. The van der Waals surface area contributed by atoms with Crippen LogP contribution < -0.4 is 10.2 Å². The van der Waals surface area contributed by atoms with Crippen LogP contribution in [0.5, 0.6) is 0 Å². The predicted octanol–water partition coefficient (Wildman–Crippen LogP) is 2.19. The van der Waals surface area contributed by atoms with Crippen molar-refractivity contribution < 1.29 is 36.3 Å². The summed E-state index contributed by atoms with van der Waals surface area (Å²) in [7, 11) is -1.08. The molecule has 14 heteroatoms. The molecule has 5 rings (SSSR count). The minimum Gasteiger partial charge on any atom is -0.356 e. The van der Waals surface area contributed by atoms with Gasteiger partial charge in [-0.3, -0.25) is 14.5 Å². The average Bonchev–Trinajstić information content (AvgIpc) is 3.78. The normalized spacial score (nSPS) is 19.4. The van der Waals surface area contributed by atoms with Crippen LogP contribution in [0.3, 0.4) is 0 Å². The van der Waals surface area contributed by atoms with Crippen LogP contribution in [0.1, 0.15) is 47.3 Å². The molecular formula is C25H26F3N5O5S. The number of rotatable bonds is 6. The molecular weight excluding hydrogens is 539 g/mol. The quantitative estimate of drug-likeness (QED) is 0.515. The van der Waals surface area contributed by atoms with Gasteiger partial charge < -0.3 is 19.9 Å². The van der Waals surface area contributed by atoms with E-state index < -0.39 is 33.8 Å². The average molecular weight is 566 g/mol. The van der Waals surface area contributed by atoms with E-state index in [1.54, 1.807) is 0 Å². The third-order valence-electron chi connectivity index (χ3n) is 6.84. The first-order valence-corrected chi connectivity index (χ1v) is 13.9. The smallest absolute Gasteiger partial charge is 0.356 e. The number of hydrogen-bond donors (Lipinski definition) is 2. The molecule has 1 aliphatic heterocycles. The van der Waals surface area contributed by atoms with Gasteiger partial charge >= 0.3 is 6.18 Å². The van der Waals surface area contributed by atoms with E-state index in [1.165, 1.54) is 29.6 Å². The first-order chi connectivity index (χ1) is 18.3. The molecule has 1 unspecified atom stereocenters. The minimum atomic E-state index is -4.67. The Morgan fingerprint density at radius 2 is 1.87 bits per heavy atom. The zero-order valence-corrected chi connectivity index (χ0v) is 21.9. The van der Waals surface area contributed by atoms with Gasteiger partial charge in [0.25, 0.3) is 5.91 Å². The van der Waals surface area contributed by atoms with Crippen LogP contribution in [-0.4, -0.2) is 65.5 Å². The third kappa shape index (κ3) is 5.46. The van der Waals surface area contributed by atoms with E-state index >= 15 is 0 Å². The number of halogens is 3. The van der Waals surface area contributed by atoms with E-state index in [-0.39, 0.29) is 58.0 Å². The van der Waals surface area contributed by atoms with E-state index in [9.17, 15) is 36.3 Å². The lowest BCUT2D eigenvalue weighted by atomic mass is 10.1. The number of carbonyl (C=O) groups is 2. The van der Waals surface area contributed by atoms with Crippen molar-refractivity contribution in [2.45, 2.75) is 43.4 Å². The van der Waals surface area contributed by atoms with Crippen LogP contribution in [0.15, 0.2) is 23.4 Å². The van der Waals surface area contributed by atoms with Gasteiger partial charge in [0.1, 0.15) is 0 Å². The van der Waals surface area contributed by atoms with Crippen molar-refractivity contribution in [1.29, 1.82) is 0 Å². The Hall–Kier alpha value is -3.57. The molecule has 1 aromatic carbocycles. The molecule has 39 heavy (non-hydrogen) atoms. The van der Waals surface area contributed by atoms with Gasteiger partial charge in [0.2, 0.25) is 27.3 Å². The van der Waals surface area contributed by atoms with Crippen molar-refractivity contribution in [3.05, 3.63) is 35.0 Å². The standard InChI is InChI=1S/C25H26F3N5O5S/c1-31-19-20(30-23(31)39(37,38)13-14-5-6-14)33(24(36)32(2)22(19)35)9-3-4-15-10-17(25(26,27)28)12-18(11-15)29-21(34)16-7-8-16/h10-12,14,16,24,36H,5-9,13H2,1-2H3,(H,29,34). The molecule has 3 aliphatic rings. The van der Waals surface area contributed by atoms with Crippen molar-refractivity contribution >= 4 is 33.2 Å². The number of nitrogens with zero attached hydrogens (tertiary/aromatic N) is 4. The van der Waals surface area contributed by atoms with Gasteiger partial charge in [-0.25, -0.2) is 8.42 Å². The highest BCUT2D eigenvalue weighted by Gasteiger charge is 2.41. The summed E-state index contributed by atoms with van der Waals surface area (Å²) >= 11 is 0. The molecule has 2 heterocycles. The molecule has 1 aromatic heterocycles. The van der Waals surface area contributed by atoms with Gasteiger partial charge in [-0.15, -0.1) is 0 Å². The predicted molar refractivity (Wildman–Crippen MR) is 133 cm³/mol. The highest BCUT2D eigenvalue weighted by molar-refractivity contribution is 7.91. The lowest BCUT2D eigenvalue weighted by Gasteiger charge is -2.37. The molecule has 2 aromatic rings. The van der Waals surface area contributed by atoms with Crippen LogP contribution in [0.2, 0.25) is 0 Å². The van der Waals surface area contributed by atoms with Crippen LogP contribution in [0, 0.1) is 23.7 Å². The maximum absolute atomic E-state index is 13.5. The minimum absolute atomic E-state index is 0.0270. The number of carbonyl (C=O) groups excluding carboxylic acids is 2. The fourth-order valence-electron chi connectivity index (χ4n) is 4.35. The number of fused-ring (bicyclic) bond motifs is 1. The number of amides is 2. The van der Waals surface area contributed by atoms with Crippen LogP contribution >= 0.6 is 0 Å². The van der Waals surface area contributed by atoms with E-state index in [2.05, 4.69) is 22.1 Å². The molecule has 10 nitrogen and oxygen atoms in total. The van der Waals surface area contributed by atoms with E-state index in [4.69, 9.17) is 0 Å². The topological polar surface area (TPSA) is 125 Å². The van der Waals surface area contributed by atoms with Crippen LogP contribution in [0.25, 0.3) is 0 Å². The van der Waals surface area contributed by atoms with Crippen molar-refractivity contribution in [3.8, 4) is 11.8 Å².